The van der Waals surface area contributed by atoms with Crippen molar-refractivity contribution in [3.63, 3.8) is 0 Å². The van der Waals surface area contributed by atoms with Crippen molar-refractivity contribution in [1.29, 1.82) is 0 Å². The molecule has 0 saturated heterocycles. The quantitative estimate of drug-likeness (QED) is 0.0996. The third-order valence-corrected chi connectivity index (χ3v) is 5.13. The second-order valence-electron chi connectivity index (χ2n) is 7.88. The van der Waals surface area contributed by atoms with Crippen molar-refractivity contribution < 1.29 is 29.1 Å². The highest BCUT2D eigenvalue weighted by molar-refractivity contribution is 6.13. The second kappa shape index (κ2) is 13.4. The topological polar surface area (TPSA) is 102 Å². The largest absolute Gasteiger partial charge is 0.478 e. The molecule has 0 heterocycles. The predicted molar refractivity (Wildman–Crippen MR) is 142 cm³/mol. The lowest BCUT2D eigenvalue weighted by Crippen LogP contribution is -2.10. The van der Waals surface area contributed by atoms with Gasteiger partial charge in [0.2, 0.25) is 0 Å². The molecule has 0 atom stereocenters. The average Bonchev–Trinajstić information content (AvgIpc) is 2.87. The summed E-state index contributed by atoms with van der Waals surface area (Å²) in [6.07, 6.45) is 2.25. The number of aliphatic carboxylic acids is 1. The van der Waals surface area contributed by atoms with Gasteiger partial charge in [0.1, 0.15) is 0 Å². The molecule has 1 N–H and O–H groups in total. The Labute approximate surface area is 210 Å². The van der Waals surface area contributed by atoms with Gasteiger partial charge in [0.15, 0.2) is 0 Å². The fourth-order valence-electron chi connectivity index (χ4n) is 3.01. The summed E-state index contributed by atoms with van der Waals surface area (Å²) in [5.74, 6) is -2.08. The van der Waals surface area contributed by atoms with Gasteiger partial charge in [0, 0.05) is 28.7 Å². The van der Waals surface area contributed by atoms with Crippen molar-refractivity contribution in [2.45, 2.75) is 26.7 Å². The maximum Gasteiger partial charge on any atom is 0.360 e. The van der Waals surface area contributed by atoms with Crippen LogP contribution in [0.15, 0.2) is 96.2 Å². The number of carboxylic acid groups (broad SMARTS) is 1. The number of esters is 1. The van der Waals surface area contributed by atoms with E-state index in [-0.39, 0.29) is 18.6 Å². The molecule has 7 heteroatoms. The molecule has 0 radical (unpaired) electrons. The van der Waals surface area contributed by atoms with Crippen LogP contribution in [0.3, 0.4) is 0 Å². The summed E-state index contributed by atoms with van der Waals surface area (Å²) < 4.78 is 4.75. The van der Waals surface area contributed by atoms with Gasteiger partial charge in [-0.15, -0.1) is 0 Å². The molecule has 0 saturated carbocycles. The summed E-state index contributed by atoms with van der Waals surface area (Å²) >= 11 is 0. The van der Waals surface area contributed by atoms with Crippen LogP contribution in [0.5, 0.6) is 0 Å². The Morgan fingerprint density at radius 1 is 0.917 bits per heavy atom. The van der Waals surface area contributed by atoms with Crippen LogP contribution in [-0.2, 0) is 24.0 Å². The lowest BCUT2D eigenvalue weighted by Gasteiger charge is -2.07. The number of fused-ring (bicyclic) bond motifs is 2. The molecule has 0 unspecified atom stereocenters. The number of oxime groups is 1. The molecule has 0 amide bonds. The Morgan fingerprint density at radius 3 is 1.97 bits per heavy atom. The lowest BCUT2D eigenvalue weighted by atomic mass is 9.97. The van der Waals surface area contributed by atoms with E-state index in [2.05, 4.69) is 43.1 Å². The van der Waals surface area contributed by atoms with Gasteiger partial charge in [-0.1, -0.05) is 80.3 Å². The summed E-state index contributed by atoms with van der Waals surface area (Å²) in [6, 6.07) is 18.3. The molecule has 0 aliphatic carbocycles. The Hall–Kier alpha value is -4.52. The van der Waals surface area contributed by atoms with E-state index in [1.807, 2.05) is 36.4 Å². The van der Waals surface area contributed by atoms with E-state index in [1.165, 1.54) is 0 Å². The minimum atomic E-state index is -1.07. The number of hydrogen-bond donors (Lipinski definition) is 1. The van der Waals surface area contributed by atoms with Gasteiger partial charge < -0.3 is 14.7 Å². The maximum atomic E-state index is 11.4. The molecular formula is C29H29NO6. The lowest BCUT2D eigenvalue weighted by molar-refractivity contribution is -0.140. The van der Waals surface area contributed by atoms with Crippen molar-refractivity contribution in [3.05, 3.63) is 96.6 Å². The zero-order valence-electron chi connectivity index (χ0n) is 20.5. The van der Waals surface area contributed by atoms with Gasteiger partial charge in [-0.3, -0.25) is 0 Å². The van der Waals surface area contributed by atoms with Crippen LogP contribution >= 0.6 is 0 Å². The first kappa shape index (κ1) is 27.7. The van der Waals surface area contributed by atoms with Crippen molar-refractivity contribution in [1.82, 2.24) is 0 Å². The standard InChI is InChI=1S/C19H15NO2.C10H14O4/c1-13(2)19(21)22-20-12-18-16-9-5-3-7-14(16)11-15-8-4-6-10-17(15)18;1-4-7(2)10(13)14-6-5-8(3)9(11)12/h3-12H,1H2,2H3;2-6H2,1H3,(H,11,12). The number of hydrogen-bond acceptors (Lipinski definition) is 6. The first-order valence-corrected chi connectivity index (χ1v) is 11.2. The van der Waals surface area contributed by atoms with Crippen molar-refractivity contribution in [2.24, 2.45) is 5.16 Å². The predicted octanol–water partition coefficient (Wildman–Crippen LogP) is 5.97. The highest BCUT2D eigenvalue weighted by Gasteiger charge is 2.09. The van der Waals surface area contributed by atoms with E-state index in [4.69, 9.17) is 14.7 Å². The van der Waals surface area contributed by atoms with Crippen molar-refractivity contribution >= 4 is 45.7 Å². The van der Waals surface area contributed by atoms with Crippen LogP contribution in [-0.4, -0.2) is 35.8 Å². The highest BCUT2D eigenvalue weighted by Crippen LogP contribution is 2.27. The first-order chi connectivity index (χ1) is 17.1. The molecule has 3 aromatic rings. The van der Waals surface area contributed by atoms with Crippen LogP contribution in [0.1, 0.15) is 32.3 Å². The van der Waals surface area contributed by atoms with Crippen molar-refractivity contribution in [2.75, 3.05) is 6.61 Å². The summed E-state index contributed by atoms with van der Waals surface area (Å²) in [5, 5.41) is 16.6. The van der Waals surface area contributed by atoms with Crippen LogP contribution in [0.2, 0.25) is 0 Å². The zero-order valence-corrected chi connectivity index (χ0v) is 20.5. The SMILES string of the molecule is C=C(C)C(=O)ON=Cc1c2ccccc2cc2ccccc12.C=C(CCOC(=O)C(=C)CC)C(=O)O. The van der Waals surface area contributed by atoms with Gasteiger partial charge >= 0.3 is 17.9 Å². The number of rotatable bonds is 9. The summed E-state index contributed by atoms with van der Waals surface area (Å²) in [5.41, 5.74) is 1.66. The van der Waals surface area contributed by atoms with E-state index >= 15 is 0 Å². The molecule has 0 aromatic heterocycles. The molecule has 186 valence electrons. The molecule has 0 fully saturated rings. The van der Waals surface area contributed by atoms with E-state index in [1.54, 1.807) is 20.1 Å². The monoisotopic (exact) mass is 487 g/mol. The van der Waals surface area contributed by atoms with Gasteiger partial charge in [-0.25, -0.2) is 14.4 Å². The Bertz CT molecular complexity index is 1300. The van der Waals surface area contributed by atoms with E-state index < -0.39 is 17.9 Å². The molecule has 0 aliphatic rings. The zero-order chi connectivity index (χ0) is 26.7. The average molecular weight is 488 g/mol. The van der Waals surface area contributed by atoms with Crippen LogP contribution in [0.25, 0.3) is 21.5 Å². The van der Waals surface area contributed by atoms with E-state index in [9.17, 15) is 14.4 Å². The molecule has 3 aromatic carbocycles. The molecule has 7 nitrogen and oxygen atoms in total. The summed E-state index contributed by atoms with van der Waals surface area (Å²) in [7, 11) is 0. The van der Waals surface area contributed by atoms with Gasteiger partial charge in [0.05, 0.1) is 12.8 Å². The minimum absolute atomic E-state index is 0.0277. The third-order valence-electron chi connectivity index (χ3n) is 5.13. The van der Waals surface area contributed by atoms with Gasteiger partial charge in [-0.05, 0) is 41.0 Å². The highest BCUT2D eigenvalue weighted by atomic mass is 16.7. The molecule has 3 rings (SSSR count). The Morgan fingerprint density at radius 2 is 1.47 bits per heavy atom. The summed E-state index contributed by atoms with van der Waals surface area (Å²) in [6.45, 7) is 13.7. The molecule has 0 aliphatic heterocycles. The first-order valence-electron chi connectivity index (χ1n) is 11.2. The minimum Gasteiger partial charge on any atom is -0.478 e. The van der Waals surface area contributed by atoms with Crippen LogP contribution in [0, 0.1) is 0 Å². The fourth-order valence-corrected chi connectivity index (χ4v) is 3.01. The number of carbonyl (C=O) groups is 3. The molecule has 36 heavy (non-hydrogen) atoms. The molecule has 0 bridgehead atoms. The van der Waals surface area contributed by atoms with E-state index in [0.717, 1.165) is 27.1 Å². The van der Waals surface area contributed by atoms with Crippen LogP contribution in [0.4, 0.5) is 0 Å². The van der Waals surface area contributed by atoms with Gasteiger partial charge in [-0.2, -0.15) is 0 Å². The van der Waals surface area contributed by atoms with Crippen LogP contribution < -0.4 is 0 Å². The number of carboxylic acids is 1. The molecule has 0 spiro atoms. The maximum absolute atomic E-state index is 11.4. The number of ether oxygens (including phenoxy) is 1. The number of nitrogens with zero attached hydrogens (tertiary/aromatic N) is 1. The number of benzene rings is 3. The normalized spacial score (nSPS) is 10.4. The van der Waals surface area contributed by atoms with E-state index in [0.29, 0.717) is 17.6 Å². The third kappa shape index (κ3) is 7.77. The Kier molecular flexibility index (Phi) is 10.3. The smallest absolute Gasteiger partial charge is 0.360 e. The van der Waals surface area contributed by atoms with Crippen molar-refractivity contribution in [3.8, 4) is 0 Å². The molecular weight excluding hydrogens is 458 g/mol. The fraction of sp³-hybridized carbons (Fsp3) is 0.172. The second-order valence-corrected chi connectivity index (χ2v) is 7.88. The summed E-state index contributed by atoms with van der Waals surface area (Å²) in [4.78, 5) is 37.6. The Balaban J connectivity index is 0.000000284. The number of carbonyl (C=O) groups excluding carboxylic acids is 2. The van der Waals surface area contributed by atoms with Gasteiger partial charge in [0.25, 0.3) is 0 Å².